The van der Waals surface area contributed by atoms with Crippen molar-refractivity contribution in [3.8, 4) is 5.75 Å². The van der Waals surface area contributed by atoms with E-state index in [1.807, 2.05) is 54.6 Å². The highest BCUT2D eigenvalue weighted by Crippen LogP contribution is 2.40. The van der Waals surface area contributed by atoms with Crippen LogP contribution in [0.5, 0.6) is 5.75 Å². The van der Waals surface area contributed by atoms with Crippen molar-refractivity contribution >= 4 is 29.1 Å². The first-order valence-corrected chi connectivity index (χ1v) is 12.2. The Balaban J connectivity index is 1.75. The molecule has 0 aliphatic carbocycles. The number of hydrogen-bond donors (Lipinski definition) is 1. The summed E-state index contributed by atoms with van der Waals surface area (Å²) in [5, 5.41) is 11.7. The predicted molar refractivity (Wildman–Crippen MR) is 137 cm³/mol. The molecule has 0 bridgehead atoms. The molecule has 0 aromatic heterocycles. The van der Waals surface area contributed by atoms with Gasteiger partial charge in [-0.05, 0) is 60.4 Å². The minimum Gasteiger partial charge on any atom is -0.507 e. The minimum atomic E-state index is -0.732. The zero-order chi connectivity index (χ0) is 24.8. The maximum atomic E-state index is 13.2. The van der Waals surface area contributed by atoms with Crippen LogP contribution in [0.15, 0.2) is 84.4 Å². The second-order valence-corrected chi connectivity index (χ2v) is 8.95. The highest BCUT2D eigenvalue weighted by Gasteiger charge is 2.45. The largest absolute Gasteiger partial charge is 0.507 e. The fourth-order valence-corrected chi connectivity index (χ4v) is 4.35. The van der Waals surface area contributed by atoms with E-state index >= 15 is 0 Å². The molecule has 0 spiro atoms. The van der Waals surface area contributed by atoms with Gasteiger partial charge in [0.15, 0.2) is 0 Å². The molecule has 6 heteroatoms. The van der Waals surface area contributed by atoms with Crippen molar-refractivity contribution in [3.63, 3.8) is 0 Å². The smallest absolute Gasteiger partial charge is 0.295 e. The van der Waals surface area contributed by atoms with Crippen molar-refractivity contribution in [2.24, 2.45) is 0 Å². The van der Waals surface area contributed by atoms with Gasteiger partial charge in [0, 0.05) is 17.1 Å². The molecule has 1 saturated heterocycles. The third kappa shape index (κ3) is 5.57. The van der Waals surface area contributed by atoms with Crippen LogP contribution in [-0.4, -0.2) is 34.8 Å². The third-order valence-corrected chi connectivity index (χ3v) is 6.33. The normalized spacial score (nSPS) is 17.1. The van der Waals surface area contributed by atoms with Crippen LogP contribution in [0.2, 0.25) is 5.02 Å². The molecule has 3 aromatic carbocycles. The Hall–Kier alpha value is -3.57. The van der Waals surface area contributed by atoms with Crippen molar-refractivity contribution in [2.45, 2.75) is 32.2 Å². The first-order valence-electron chi connectivity index (χ1n) is 11.8. The van der Waals surface area contributed by atoms with Crippen molar-refractivity contribution in [1.29, 1.82) is 0 Å². The number of carbonyl (C=O) groups excluding carboxylic acids is 2. The fraction of sp³-hybridized carbons (Fsp3) is 0.241. The van der Waals surface area contributed by atoms with Gasteiger partial charge in [0.2, 0.25) is 0 Å². The number of nitrogens with zero attached hydrogens (tertiary/aromatic N) is 1. The van der Waals surface area contributed by atoms with Crippen LogP contribution in [0.4, 0.5) is 0 Å². The van der Waals surface area contributed by atoms with Gasteiger partial charge < -0.3 is 14.7 Å². The number of Topliss-reactive ketones (excluding diaryl/α,β-unsaturated/α-hetero) is 1. The summed E-state index contributed by atoms with van der Waals surface area (Å²) in [7, 11) is 0. The lowest BCUT2D eigenvalue weighted by molar-refractivity contribution is -0.139. The average Bonchev–Trinajstić information content (AvgIpc) is 3.13. The van der Waals surface area contributed by atoms with Gasteiger partial charge in [-0.2, -0.15) is 0 Å². The zero-order valence-corrected chi connectivity index (χ0v) is 20.4. The van der Waals surface area contributed by atoms with Crippen LogP contribution in [-0.2, 0) is 16.0 Å². The standard InChI is InChI=1S/C29H28ClNO4/c1-2-3-18-35-24-11-7-10-22(19-24)26-25(27(32)21-12-14-23(30)15-13-21)28(33)29(34)31(26)17-16-20-8-5-4-6-9-20/h4-15,19,26,32H,2-3,16-18H2,1H3/b27-25+. The molecule has 3 aromatic rings. The number of rotatable bonds is 9. The summed E-state index contributed by atoms with van der Waals surface area (Å²) in [4.78, 5) is 28.0. The lowest BCUT2D eigenvalue weighted by Crippen LogP contribution is -2.31. The summed E-state index contributed by atoms with van der Waals surface area (Å²) >= 11 is 6.00. The molecule has 1 atom stereocenters. The maximum absolute atomic E-state index is 13.2. The molecule has 1 N–H and O–H groups in total. The second kappa shape index (κ2) is 11.2. The second-order valence-electron chi connectivity index (χ2n) is 8.51. The van der Waals surface area contributed by atoms with Crippen LogP contribution in [0.1, 0.15) is 42.5 Å². The van der Waals surface area contributed by atoms with E-state index in [1.54, 1.807) is 29.2 Å². The molecule has 0 radical (unpaired) electrons. The number of benzene rings is 3. The molecule has 1 amide bonds. The van der Waals surface area contributed by atoms with Gasteiger partial charge in [-0.1, -0.05) is 67.4 Å². The molecule has 1 heterocycles. The molecule has 5 nitrogen and oxygen atoms in total. The van der Waals surface area contributed by atoms with E-state index in [0.717, 1.165) is 18.4 Å². The fourth-order valence-electron chi connectivity index (χ4n) is 4.22. The maximum Gasteiger partial charge on any atom is 0.295 e. The van der Waals surface area contributed by atoms with Gasteiger partial charge in [0.1, 0.15) is 11.5 Å². The quantitative estimate of drug-likeness (QED) is 0.168. The highest BCUT2D eigenvalue weighted by atomic mass is 35.5. The van der Waals surface area contributed by atoms with E-state index in [-0.39, 0.29) is 11.3 Å². The van der Waals surface area contributed by atoms with E-state index in [0.29, 0.717) is 41.5 Å². The van der Waals surface area contributed by atoms with Crippen molar-refractivity contribution in [2.75, 3.05) is 13.2 Å². The Labute approximate surface area is 210 Å². The van der Waals surface area contributed by atoms with E-state index < -0.39 is 17.7 Å². The molecular weight excluding hydrogens is 462 g/mol. The molecule has 180 valence electrons. The Kier molecular flexibility index (Phi) is 7.88. The summed E-state index contributed by atoms with van der Waals surface area (Å²) < 4.78 is 5.88. The van der Waals surface area contributed by atoms with Gasteiger partial charge in [0.25, 0.3) is 11.7 Å². The first kappa shape index (κ1) is 24.6. The zero-order valence-electron chi connectivity index (χ0n) is 19.6. The highest BCUT2D eigenvalue weighted by molar-refractivity contribution is 6.46. The number of amides is 1. The van der Waals surface area contributed by atoms with Crippen LogP contribution >= 0.6 is 11.6 Å². The van der Waals surface area contributed by atoms with E-state index in [4.69, 9.17) is 16.3 Å². The number of aliphatic hydroxyl groups excluding tert-OH is 1. The first-order chi connectivity index (χ1) is 17.0. The molecule has 4 rings (SSSR count). The van der Waals surface area contributed by atoms with Crippen molar-refractivity contribution in [3.05, 3.63) is 106 Å². The summed E-state index contributed by atoms with van der Waals surface area (Å²) in [6.45, 7) is 3.01. The number of ether oxygens (including phenoxy) is 1. The SMILES string of the molecule is CCCCOc1cccc(C2/C(=C(\O)c3ccc(Cl)cc3)C(=O)C(=O)N2CCc2ccccc2)c1. The molecule has 35 heavy (non-hydrogen) atoms. The van der Waals surface area contributed by atoms with Crippen molar-refractivity contribution in [1.82, 2.24) is 4.90 Å². The minimum absolute atomic E-state index is 0.0658. The summed E-state index contributed by atoms with van der Waals surface area (Å²) in [5.41, 5.74) is 2.26. The molecule has 1 fully saturated rings. The average molecular weight is 490 g/mol. The molecule has 1 unspecified atom stereocenters. The number of hydrogen-bond acceptors (Lipinski definition) is 4. The summed E-state index contributed by atoms with van der Waals surface area (Å²) in [6, 6.07) is 23.0. The Bertz CT molecular complexity index is 1220. The molecule has 1 aliphatic rings. The number of likely N-dealkylation sites (tertiary alicyclic amines) is 1. The van der Waals surface area contributed by atoms with Gasteiger partial charge in [-0.3, -0.25) is 9.59 Å². The van der Waals surface area contributed by atoms with E-state index in [9.17, 15) is 14.7 Å². The lowest BCUT2D eigenvalue weighted by Gasteiger charge is -2.26. The molecule has 0 saturated carbocycles. The summed E-state index contributed by atoms with van der Waals surface area (Å²) in [5.74, 6) is -0.882. The Morgan fingerprint density at radius 2 is 1.74 bits per heavy atom. The topological polar surface area (TPSA) is 66.8 Å². The number of halogens is 1. The van der Waals surface area contributed by atoms with E-state index in [2.05, 4.69) is 6.92 Å². The predicted octanol–water partition coefficient (Wildman–Crippen LogP) is 6.18. The molecule has 1 aliphatic heterocycles. The number of carbonyl (C=O) groups is 2. The van der Waals surface area contributed by atoms with Crippen LogP contribution < -0.4 is 4.74 Å². The van der Waals surface area contributed by atoms with Crippen LogP contribution in [0.25, 0.3) is 5.76 Å². The van der Waals surface area contributed by atoms with E-state index in [1.165, 1.54) is 0 Å². The van der Waals surface area contributed by atoms with Crippen LogP contribution in [0, 0.1) is 0 Å². The monoisotopic (exact) mass is 489 g/mol. The van der Waals surface area contributed by atoms with Crippen molar-refractivity contribution < 1.29 is 19.4 Å². The Morgan fingerprint density at radius 1 is 1.00 bits per heavy atom. The number of unbranched alkanes of at least 4 members (excludes halogenated alkanes) is 1. The van der Waals surface area contributed by atoms with Gasteiger partial charge in [-0.25, -0.2) is 0 Å². The van der Waals surface area contributed by atoms with Gasteiger partial charge in [-0.15, -0.1) is 0 Å². The Morgan fingerprint density at radius 3 is 2.46 bits per heavy atom. The van der Waals surface area contributed by atoms with Gasteiger partial charge in [0.05, 0.1) is 18.2 Å². The number of aliphatic hydroxyl groups is 1. The van der Waals surface area contributed by atoms with Crippen LogP contribution in [0.3, 0.4) is 0 Å². The molecular formula is C29H28ClNO4. The third-order valence-electron chi connectivity index (χ3n) is 6.08. The van der Waals surface area contributed by atoms with Gasteiger partial charge >= 0.3 is 0 Å². The number of ketones is 1. The lowest BCUT2D eigenvalue weighted by atomic mass is 9.95. The summed E-state index contributed by atoms with van der Waals surface area (Å²) in [6.07, 6.45) is 2.52.